The summed E-state index contributed by atoms with van der Waals surface area (Å²) < 4.78 is 0. The van der Waals surface area contributed by atoms with Crippen LogP contribution >= 0.6 is 0 Å². The van der Waals surface area contributed by atoms with Crippen LogP contribution in [-0.4, -0.2) is 40.5 Å². The Hall–Kier alpha value is -2.36. The molecule has 22 heavy (non-hydrogen) atoms. The third-order valence-corrected chi connectivity index (χ3v) is 5.14. The summed E-state index contributed by atoms with van der Waals surface area (Å²) in [4.78, 5) is 9.58. The van der Waals surface area contributed by atoms with Crippen molar-refractivity contribution in [3.63, 3.8) is 0 Å². The molecular weight excluding hydrogens is 272 g/mol. The minimum Gasteiger partial charge on any atom is -0.349 e. The first kappa shape index (κ1) is 13.3. The number of hydrogen-bond acceptors (Lipinski definition) is 4. The number of hydrogen-bond donors (Lipinski definition) is 0. The Labute approximate surface area is 132 Å². The van der Waals surface area contributed by atoms with Gasteiger partial charge in [0.2, 0.25) is 0 Å². The third-order valence-electron chi connectivity index (χ3n) is 5.14. The fourth-order valence-electron chi connectivity index (χ4n) is 4.01. The molecule has 0 aliphatic carbocycles. The van der Waals surface area contributed by atoms with Crippen molar-refractivity contribution < 1.29 is 0 Å². The van der Waals surface area contributed by atoms with E-state index in [4.69, 9.17) is 0 Å². The summed E-state index contributed by atoms with van der Waals surface area (Å²) in [5, 5.41) is 0. The Bertz CT molecular complexity index is 594. The molecule has 0 fully saturated rings. The van der Waals surface area contributed by atoms with Gasteiger partial charge in [-0.25, -0.2) is 0 Å². The molecule has 0 amide bonds. The van der Waals surface area contributed by atoms with Crippen LogP contribution in [0.25, 0.3) is 0 Å². The number of anilines is 4. The molecule has 2 aromatic carbocycles. The van der Waals surface area contributed by atoms with Gasteiger partial charge < -0.3 is 19.6 Å². The molecule has 2 aliphatic heterocycles. The summed E-state index contributed by atoms with van der Waals surface area (Å²) in [6.45, 7) is 0. The SMILES string of the molecule is CN1c2ccccc2N(C)C2C1N(C)c1ccccc1N2C. The molecule has 4 heteroatoms. The Balaban J connectivity index is 1.90. The van der Waals surface area contributed by atoms with E-state index in [1.54, 1.807) is 0 Å². The molecule has 0 saturated heterocycles. The summed E-state index contributed by atoms with van der Waals surface area (Å²) in [5.41, 5.74) is 5.13. The van der Waals surface area contributed by atoms with E-state index in [1.807, 2.05) is 0 Å². The smallest absolute Gasteiger partial charge is 0.141 e. The second kappa shape index (κ2) is 4.57. The third kappa shape index (κ3) is 1.58. The van der Waals surface area contributed by atoms with Crippen LogP contribution < -0.4 is 19.6 Å². The van der Waals surface area contributed by atoms with Gasteiger partial charge >= 0.3 is 0 Å². The number of likely N-dealkylation sites (N-methyl/N-ethyl adjacent to an activating group) is 4. The van der Waals surface area contributed by atoms with E-state index >= 15 is 0 Å². The largest absolute Gasteiger partial charge is 0.349 e. The highest BCUT2D eigenvalue weighted by Crippen LogP contribution is 2.44. The van der Waals surface area contributed by atoms with Gasteiger partial charge in [-0.15, -0.1) is 0 Å². The first-order valence-electron chi connectivity index (χ1n) is 7.70. The molecule has 0 aromatic heterocycles. The van der Waals surface area contributed by atoms with Crippen molar-refractivity contribution in [3.05, 3.63) is 48.5 Å². The van der Waals surface area contributed by atoms with Gasteiger partial charge in [0.25, 0.3) is 0 Å². The summed E-state index contributed by atoms with van der Waals surface area (Å²) in [6.07, 6.45) is 0.555. The monoisotopic (exact) mass is 294 g/mol. The van der Waals surface area contributed by atoms with Gasteiger partial charge in [0.1, 0.15) is 12.3 Å². The lowest BCUT2D eigenvalue weighted by Crippen LogP contribution is -2.68. The number of benzene rings is 2. The van der Waals surface area contributed by atoms with Crippen molar-refractivity contribution >= 4 is 22.7 Å². The van der Waals surface area contributed by atoms with Crippen LogP contribution in [0.1, 0.15) is 0 Å². The van der Waals surface area contributed by atoms with Crippen molar-refractivity contribution in [3.8, 4) is 0 Å². The molecule has 0 spiro atoms. The number of nitrogens with zero attached hydrogens (tertiary/aromatic N) is 4. The zero-order valence-electron chi connectivity index (χ0n) is 13.6. The van der Waals surface area contributed by atoms with Gasteiger partial charge in [-0.2, -0.15) is 0 Å². The number of fused-ring (bicyclic) bond motifs is 3. The predicted octanol–water partition coefficient (Wildman–Crippen LogP) is 2.81. The molecule has 114 valence electrons. The Morgan fingerprint density at radius 3 is 0.955 bits per heavy atom. The standard InChI is InChI=1S/C18H22N4/c1-19-13-9-5-6-10-14(13)21(3)18-17(19)20(2)15-11-7-8-12-16(15)22(18)4/h5-12,17-18H,1-4H3. The minimum atomic E-state index is 0.278. The Morgan fingerprint density at radius 2 is 0.727 bits per heavy atom. The lowest BCUT2D eigenvalue weighted by Gasteiger charge is -2.57. The molecule has 2 aliphatic rings. The molecular formula is C18H22N4. The molecule has 0 unspecified atom stereocenters. The topological polar surface area (TPSA) is 13.0 Å². The van der Waals surface area contributed by atoms with Crippen molar-refractivity contribution in [1.82, 2.24) is 0 Å². The number of para-hydroxylation sites is 4. The average molecular weight is 294 g/mol. The van der Waals surface area contributed by atoms with E-state index in [0.29, 0.717) is 0 Å². The second-order valence-electron chi connectivity index (χ2n) is 6.25. The zero-order chi connectivity index (χ0) is 15.4. The van der Waals surface area contributed by atoms with Crippen LogP contribution in [0.5, 0.6) is 0 Å². The van der Waals surface area contributed by atoms with Crippen LogP contribution in [0, 0.1) is 0 Å². The van der Waals surface area contributed by atoms with Gasteiger partial charge in [-0.1, -0.05) is 24.3 Å². The van der Waals surface area contributed by atoms with Crippen LogP contribution in [-0.2, 0) is 0 Å². The van der Waals surface area contributed by atoms with Gasteiger partial charge in [-0.05, 0) is 24.3 Å². The Kier molecular flexibility index (Phi) is 2.76. The van der Waals surface area contributed by atoms with Gasteiger partial charge in [-0.3, -0.25) is 0 Å². The Morgan fingerprint density at radius 1 is 0.500 bits per heavy atom. The molecule has 0 radical (unpaired) electrons. The van der Waals surface area contributed by atoms with Crippen LogP contribution in [0.4, 0.5) is 22.7 Å². The van der Waals surface area contributed by atoms with Gasteiger partial charge in [0, 0.05) is 28.2 Å². The maximum absolute atomic E-state index is 2.40. The normalized spacial score (nSPS) is 23.1. The highest BCUT2D eigenvalue weighted by molar-refractivity contribution is 5.81. The highest BCUT2D eigenvalue weighted by atomic mass is 15.5. The second-order valence-corrected chi connectivity index (χ2v) is 6.25. The molecule has 0 N–H and O–H groups in total. The summed E-state index contributed by atoms with van der Waals surface area (Å²) >= 11 is 0. The maximum Gasteiger partial charge on any atom is 0.141 e. The molecule has 0 bridgehead atoms. The summed E-state index contributed by atoms with van der Waals surface area (Å²) in [5.74, 6) is 0. The zero-order valence-corrected chi connectivity index (χ0v) is 13.6. The van der Waals surface area contributed by atoms with E-state index in [0.717, 1.165) is 0 Å². The average Bonchev–Trinajstić information content (AvgIpc) is 2.56. The van der Waals surface area contributed by atoms with E-state index in [9.17, 15) is 0 Å². The number of rotatable bonds is 0. The predicted molar refractivity (Wildman–Crippen MR) is 94.1 cm³/mol. The van der Waals surface area contributed by atoms with Crippen LogP contribution in [0.15, 0.2) is 48.5 Å². The fourth-order valence-corrected chi connectivity index (χ4v) is 4.01. The quantitative estimate of drug-likeness (QED) is 0.740. The molecule has 4 rings (SSSR count). The van der Waals surface area contributed by atoms with E-state index in [-0.39, 0.29) is 12.3 Å². The van der Waals surface area contributed by atoms with Gasteiger partial charge in [0.15, 0.2) is 0 Å². The molecule has 0 atom stereocenters. The lowest BCUT2D eigenvalue weighted by atomic mass is 10.0. The molecule has 4 nitrogen and oxygen atoms in total. The van der Waals surface area contributed by atoms with Crippen molar-refractivity contribution in [1.29, 1.82) is 0 Å². The first-order chi connectivity index (χ1) is 10.6. The van der Waals surface area contributed by atoms with Crippen LogP contribution in [0.3, 0.4) is 0 Å². The maximum atomic E-state index is 2.40. The van der Waals surface area contributed by atoms with Crippen molar-refractivity contribution in [2.75, 3.05) is 47.8 Å². The van der Waals surface area contributed by atoms with E-state index in [1.165, 1.54) is 22.7 Å². The fraction of sp³-hybridized carbons (Fsp3) is 0.333. The molecule has 2 heterocycles. The van der Waals surface area contributed by atoms with Crippen molar-refractivity contribution in [2.45, 2.75) is 12.3 Å². The minimum absolute atomic E-state index is 0.278. The van der Waals surface area contributed by atoms with Crippen molar-refractivity contribution in [2.24, 2.45) is 0 Å². The lowest BCUT2D eigenvalue weighted by molar-refractivity contribution is 0.444. The summed E-state index contributed by atoms with van der Waals surface area (Å²) in [7, 11) is 8.78. The molecule has 2 aromatic rings. The summed E-state index contributed by atoms with van der Waals surface area (Å²) in [6, 6.07) is 17.3. The molecule has 0 saturated carbocycles. The van der Waals surface area contributed by atoms with Crippen LogP contribution in [0.2, 0.25) is 0 Å². The van der Waals surface area contributed by atoms with Gasteiger partial charge in [0.05, 0.1) is 22.7 Å². The first-order valence-corrected chi connectivity index (χ1v) is 7.70. The van der Waals surface area contributed by atoms with E-state index in [2.05, 4.69) is 96.3 Å². The highest BCUT2D eigenvalue weighted by Gasteiger charge is 2.44. The van der Waals surface area contributed by atoms with E-state index < -0.39 is 0 Å².